The van der Waals surface area contributed by atoms with Gasteiger partial charge in [-0.15, -0.1) is 6.58 Å². The van der Waals surface area contributed by atoms with Gasteiger partial charge in [-0.2, -0.15) is 0 Å². The highest BCUT2D eigenvalue weighted by Gasteiger charge is 2.47. The molecule has 1 aliphatic heterocycles. The van der Waals surface area contributed by atoms with E-state index < -0.39 is 0 Å². The lowest BCUT2D eigenvalue weighted by atomic mass is 10.2. The van der Waals surface area contributed by atoms with Gasteiger partial charge in [0.25, 0.3) is 0 Å². The molecule has 0 aliphatic carbocycles. The van der Waals surface area contributed by atoms with Crippen molar-refractivity contribution in [2.45, 2.75) is 25.6 Å². The molecule has 1 aliphatic rings. The maximum absolute atomic E-state index is 11.2. The summed E-state index contributed by atoms with van der Waals surface area (Å²) in [5, 5.41) is 0. The van der Waals surface area contributed by atoms with Crippen molar-refractivity contribution in [2.75, 3.05) is 6.61 Å². The highest BCUT2D eigenvalue weighted by molar-refractivity contribution is 5.77. The van der Waals surface area contributed by atoms with Crippen molar-refractivity contribution < 1.29 is 9.53 Å². The Morgan fingerprint density at radius 2 is 2.18 bits per heavy atom. The van der Waals surface area contributed by atoms with Crippen molar-refractivity contribution in [3.8, 4) is 0 Å². The van der Waals surface area contributed by atoms with Crippen LogP contribution in [0.5, 0.6) is 0 Å². The van der Waals surface area contributed by atoms with E-state index in [1.54, 1.807) is 17.9 Å². The van der Waals surface area contributed by atoms with Gasteiger partial charge in [-0.1, -0.05) is 36.4 Å². The Labute approximate surface area is 102 Å². The molecule has 0 N–H and O–H groups in total. The van der Waals surface area contributed by atoms with Crippen LogP contribution in [0.4, 0.5) is 0 Å². The molecule has 1 amide bonds. The minimum atomic E-state index is 0.0863. The first-order valence-corrected chi connectivity index (χ1v) is 5.77. The van der Waals surface area contributed by atoms with Crippen LogP contribution in [-0.2, 0) is 16.1 Å². The van der Waals surface area contributed by atoms with E-state index in [1.807, 2.05) is 30.3 Å². The predicted octanol–water partition coefficient (Wildman–Crippen LogP) is 1.99. The standard InChI is InChI=1S/C14H17NO2/c1-3-13-14(15(13)11(2)16)10-17-9-12-7-5-4-6-8-12/h3-8,13-14H,1,9-10H2,2H3/t13-,14+,15?/m1/s1. The smallest absolute Gasteiger partial charge is 0.220 e. The second kappa shape index (κ2) is 5.15. The zero-order chi connectivity index (χ0) is 12.3. The van der Waals surface area contributed by atoms with Crippen molar-refractivity contribution in [3.63, 3.8) is 0 Å². The van der Waals surface area contributed by atoms with Crippen molar-refractivity contribution in [1.29, 1.82) is 0 Å². The number of ether oxygens (including phenoxy) is 1. The van der Waals surface area contributed by atoms with Crippen LogP contribution in [-0.4, -0.2) is 29.5 Å². The maximum atomic E-state index is 11.2. The van der Waals surface area contributed by atoms with Crippen molar-refractivity contribution in [3.05, 3.63) is 48.6 Å². The first-order valence-electron chi connectivity index (χ1n) is 5.77. The van der Waals surface area contributed by atoms with E-state index in [0.717, 1.165) is 5.56 Å². The molecule has 0 unspecified atom stereocenters. The summed E-state index contributed by atoms with van der Waals surface area (Å²) in [6.07, 6.45) is 1.80. The first kappa shape index (κ1) is 11.9. The quantitative estimate of drug-likeness (QED) is 0.573. The second-order valence-corrected chi connectivity index (χ2v) is 4.22. The van der Waals surface area contributed by atoms with Crippen LogP contribution in [0.2, 0.25) is 0 Å². The van der Waals surface area contributed by atoms with Crippen LogP contribution in [0, 0.1) is 0 Å². The SMILES string of the molecule is C=C[C@@H]1[C@H](COCc2ccccc2)N1C(C)=O. The lowest BCUT2D eigenvalue weighted by Crippen LogP contribution is -2.12. The zero-order valence-electron chi connectivity index (χ0n) is 10.0. The number of carbonyl (C=O) groups is 1. The van der Waals surface area contributed by atoms with Gasteiger partial charge in [0, 0.05) is 6.92 Å². The van der Waals surface area contributed by atoms with Gasteiger partial charge in [0.2, 0.25) is 5.91 Å². The molecule has 2 atom stereocenters. The monoisotopic (exact) mass is 231 g/mol. The molecule has 3 heteroatoms. The molecule has 90 valence electrons. The summed E-state index contributed by atoms with van der Waals surface area (Å²) in [4.78, 5) is 13.0. The van der Waals surface area contributed by atoms with Crippen LogP contribution in [0.1, 0.15) is 12.5 Å². The van der Waals surface area contributed by atoms with E-state index >= 15 is 0 Å². The van der Waals surface area contributed by atoms with Crippen molar-refractivity contribution in [1.82, 2.24) is 4.90 Å². The molecule has 17 heavy (non-hydrogen) atoms. The summed E-state index contributed by atoms with van der Waals surface area (Å²) in [5.41, 5.74) is 1.15. The third-order valence-corrected chi connectivity index (χ3v) is 2.99. The molecule has 0 bridgehead atoms. The molecule has 0 saturated carbocycles. The number of hydrogen-bond acceptors (Lipinski definition) is 2. The Morgan fingerprint density at radius 1 is 1.47 bits per heavy atom. The lowest BCUT2D eigenvalue weighted by Gasteiger charge is -2.03. The van der Waals surface area contributed by atoms with E-state index in [2.05, 4.69) is 6.58 Å². The minimum Gasteiger partial charge on any atom is -0.375 e. The van der Waals surface area contributed by atoms with E-state index in [0.29, 0.717) is 13.2 Å². The number of hydrogen-bond donors (Lipinski definition) is 0. The normalized spacial score (nSPS) is 22.3. The number of rotatable bonds is 5. The molecule has 1 saturated heterocycles. The van der Waals surface area contributed by atoms with E-state index in [9.17, 15) is 4.79 Å². The second-order valence-electron chi connectivity index (χ2n) is 4.22. The van der Waals surface area contributed by atoms with Crippen LogP contribution in [0.3, 0.4) is 0 Å². The summed E-state index contributed by atoms with van der Waals surface area (Å²) < 4.78 is 5.61. The van der Waals surface area contributed by atoms with Gasteiger partial charge in [0.15, 0.2) is 0 Å². The molecular weight excluding hydrogens is 214 g/mol. The third-order valence-electron chi connectivity index (χ3n) is 2.99. The molecule has 2 rings (SSSR count). The Balaban J connectivity index is 1.77. The Bertz CT molecular complexity index is 402. The molecule has 1 aromatic rings. The van der Waals surface area contributed by atoms with Gasteiger partial charge >= 0.3 is 0 Å². The molecule has 1 heterocycles. The number of carbonyl (C=O) groups excluding carboxylic acids is 1. The van der Waals surface area contributed by atoms with Crippen LogP contribution in [0.15, 0.2) is 43.0 Å². The highest BCUT2D eigenvalue weighted by Crippen LogP contribution is 2.29. The highest BCUT2D eigenvalue weighted by atomic mass is 16.5. The minimum absolute atomic E-state index is 0.0863. The summed E-state index contributed by atoms with van der Waals surface area (Å²) in [6, 6.07) is 10.3. The molecule has 3 nitrogen and oxygen atoms in total. The van der Waals surface area contributed by atoms with Gasteiger partial charge < -0.3 is 9.64 Å². The van der Waals surface area contributed by atoms with Crippen molar-refractivity contribution in [2.24, 2.45) is 0 Å². The Kier molecular flexibility index (Phi) is 3.59. The van der Waals surface area contributed by atoms with Crippen LogP contribution < -0.4 is 0 Å². The average molecular weight is 231 g/mol. The number of nitrogens with zero attached hydrogens (tertiary/aromatic N) is 1. The third kappa shape index (κ3) is 2.74. The Hall–Kier alpha value is -1.61. The molecular formula is C14H17NO2. The van der Waals surface area contributed by atoms with E-state index in [1.165, 1.54) is 0 Å². The number of benzene rings is 1. The summed E-state index contributed by atoms with van der Waals surface area (Å²) >= 11 is 0. The fourth-order valence-electron chi connectivity index (χ4n) is 2.07. The first-order chi connectivity index (χ1) is 8.24. The van der Waals surface area contributed by atoms with Crippen LogP contribution in [0.25, 0.3) is 0 Å². The predicted molar refractivity (Wildman–Crippen MR) is 66.4 cm³/mol. The Morgan fingerprint density at radius 3 is 2.71 bits per heavy atom. The van der Waals surface area contributed by atoms with E-state index in [4.69, 9.17) is 4.74 Å². The average Bonchev–Trinajstić information content (AvgIpc) is 3.04. The van der Waals surface area contributed by atoms with Gasteiger partial charge in [-0.05, 0) is 5.56 Å². The molecule has 0 aromatic heterocycles. The summed E-state index contributed by atoms with van der Waals surface area (Å²) in [6.45, 7) is 6.46. The number of amides is 1. The summed E-state index contributed by atoms with van der Waals surface area (Å²) in [7, 11) is 0. The zero-order valence-corrected chi connectivity index (χ0v) is 10.0. The van der Waals surface area contributed by atoms with Gasteiger partial charge in [-0.25, -0.2) is 0 Å². The van der Waals surface area contributed by atoms with Crippen molar-refractivity contribution >= 4 is 5.91 Å². The molecule has 1 aromatic carbocycles. The summed E-state index contributed by atoms with van der Waals surface area (Å²) in [5.74, 6) is 0.0863. The maximum Gasteiger partial charge on any atom is 0.220 e. The molecule has 0 radical (unpaired) electrons. The fraction of sp³-hybridized carbons (Fsp3) is 0.357. The van der Waals surface area contributed by atoms with E-state index in [-0.39, 0.29) is 18.0 Å². The molecule has 0 spiro atoms. The molecule has 1 fully saturated rings. The van der Waals surface area contributed by atoms with Gasteiger partial charge in [-0.3, -0.25) is 4.79 Å². The van der Waals surface area contributed by atoms with Gasteiger partial charge in [0.1, 0.15) is 0 Å². The topological polar surface area (TPSA) is 29.3 Å². The lowest BCUT2D eigenvalue weighted by molar-refractivity contribution is -0.124. The fourth-order valence-corrected chi connectivity index (χ4v) is 2.07. The largest absolute Gasteiger partial charge is 0.375 e. The van der Waals surface area contributed by atoms with Gasteiger partial charge in [0.05, 0.1) is 25.3 Å². The van der Waals surface area contributed by atoms with Crippen LogP contribution >= 0.6 is 0 Å².